The molecule has 2 atom stereocenters. The van der Waals surface area contributed by atoms with Crippen LogP contribution in [-0.4, -0.2) is 41.0 Å². The number of likely N-dealkylation sites (tertiary alicyclic amines) is 1. The quantitative estimate of drug-likeness (QED) is 0.658. The van der Waals surface area contributed by atoms with Gasteiger partial charge in [0.25, 0.3) is 5.91 Å². The Morgan fingerprint density at radius 1 is 1.64 bits per heavy atom. The molecule has 2 unspecified atom stereocenters. The second-order valence-electron chi connectivity index (χ2n) is 5.19. The lowest BCUT2D eigenvalue weighted by molar-refractivity contribution is -0.386. The minimum Gasteiger partial charge on any atom is -0.474 e. The van der Waals surface area contributed by atoms with Crippen molar-refractivity contribution in [3.63, 3.8) is 0 Å². The predicted octanol–water partition coefficient (Wildman–Crippen LogP) is 1.97. The van der Waals surface area contributed by atoms with Crippen LogP contribution in [0.4, 0.5) is 5.69 Å². The smallest absolute Gasteiger partial charge is 0.312 e. The molecule has 1 aromatic rings. The third kappa shape index (κ3) is 3.48. The zero-order valence-corrected chi connectivity index (χ0v) is 13.0. The van der Waals surface area contributed by atoms with Crippen LogP contribution in [-0.2, 0) is 4.79 Å². The molecule has 120 valence electrons. The average Bonchev–Trinajstić information content (AvgIpc) is 2.96. The molecule has 22 heavy (non-hydrogen) atoms. The molecule has 0 saturated carbocycles. The zero-order chi connectivity index (χ0) is 16.3. The van der Waals surface area contributed by atoms with Crippen LogP contribution in [0.2, 0.25) is 5.02 Å². The molecule has 1 aromatic carbocycles. The van der Waals surface area contributed by atoms with Crippen LogP contribution < -0.4 is 10.5 Å². The predicted molar refractivity (Wildman–Crippen MR) is 82.0 cm³/mol. The van der Waals surface area contributed by atoms with Gasteiger partial charge in [0.15, 0.2) is 11.9 Å². The van der Waals surface area contributed by atoms with Crippen molar-refractivity contribution in [2.24, 2.45) is 5.73 Å². The lowest BCUT2D eigenvalue weighted by Gasteiger charge is -2.26. The number of benzene rings is 1. The molecule has 0 aromatic heterocycles. The number of nitro groups is 1. The summed E-state index contributed by atoms with van der Waals surface area (Å²) in [5, 5.41) is 11.3. The van der Waals surface area contributed by atoms with Crippen molar-refractivity contribution >= 4 is 23.2 Å². The molecular formula is C14H18ClN3O4. The first-order valence-electron chi connectivity index (χ1n) is 7.05. The maximum absolute atomic E-state index is 12.4. The van der Waals surface area contributed by atoms with E-state index in [9.17, 15) is 14.9 Å². The molecule has 0 bridgehead atoms. The van der Waals surface area contributed by atoms with Crippen LogP contribution in [0.25, 0.3) is 0 Å². The molecule has 2 rings (SSSR count). The van der Waals surface area contributed by atoms with Crippen LogP contribution in [0.1, 0.15) is 19.8 Å². The number of hydrogen-bond donors (Lipinski definition) is 1. The van der Waals surface area contributed by atoms with Gasteiger partial charge in [0.05, 0.1) is 4.92 Å². The van der Waals surface area contributed by atoms with Crippen LogP contribution in [0, 0.1) is 10.1 Å². The molecule has 1 amide bonds. The Hall–Kier alpha value is -1.86. The number of nitrogens with zero attached hydrogens (tertiary/aromatic N) is 2. The Kier molecular flexibility index (Phi) is 5.20. The van der Waals surface area contributed by atoms with E-state index in [1.807, 2.05) is 0 Å². The van der Waals surface area contributed by atoms with Crippen molar-refractivity contribution in [3.8, 4) is 5.75 Å². The first kappa shape index (κ1) is 16.5. The number of halogens is 1. The van der Waals surface area contributed by atoms with E-state index in [1.165, 1.54) is 18.2 Å². The van der Waals surface area contributed by atoms with Gasteiger partial charge in [-0.15, -0.1) is 0 Å². The Bertz CT molecular complexity index is 581. The molecule has 2 N–H and O–H groups in total. The lowest BCUT2D eigenvalue weighted by atomic mass is 10.2. The van der Waals surface area contributed by atoms with Gasteiger partial charge in [0.1, 0.15) is 0 Å². The highest BCUT2D eigenvalue weighted by atomic mass is 35.5. The molecule has 1 heterocycles. The first-order chi connectivity index (χ1) is 10.4. The van der Waals surface area contributed by atoms with E-state index in [0.717, 1.165) is 12.8 Å². The summed E-state index contributed by atoms with van der Waals surface area (Å²) >= 11 is 5.75. The van der Waals surface area contributed by atoms with E-state index in [4.69, 9.17) is 22.1 Å². The van der Waals surface area contributed by atoms with Crippen LogP contribution >= 0.6 is 11.6 Å². The fourth-order valence-electron chi connectivity index (χ4n) is 2.58. The van der Waals surface area contributed by atoms with Crippen molar-refractivity contribution in [2.45, 2.75) is 31.9 Å². The number of rotatable bonds is 5. The normalized spacial score (nSPS) is 19.0. The Morgan fingerprint density at radius 3 is 3.00 bits per heavy atom. The Labute approximate surface area is 133 Å². The molecule has 1 fully saturated rings. The lowest BCUT2D eigenvalue weighted by Crippen LogP contribution is -2.45. The molecular weight excluding hydrogens is 310 g/mol. The maximum Gasteiger partial charge on any atom is 0.312 e. The van der Waals surface area contributed by atoms with Gasteiger partial charge in [-0.3, -0.25) is 14.9 Å². The standard InChI is InChI=1S/C14H18ClN3O4/c1-9(14(19)17-6-2-3-11(17)8-16)22-13-5-4-10(15)7-12(13)18(20)21/h4-5,7,9,11H,2-3,6,8,16H2,1H3. The molecule has 0 radical (unpaired) electrons. The highest BCUT2D eigenvalue weighted by Gasteiger charge is 2.32. The Morgan fingerprint density at radius 2 is 2.36 bits per heavy atom. The molecule has 0 spiro atoms. The number of hydrogen-bond acceptors (Lipinski definition) is 5. The minimum atomic E-state index is -0.827. The second kappa shape index (κ2) is 6.93. The van der Waals surface area contributed by atoms with Crippen LogP contribution in [0.15, 0.2) is 18.2 Å². The molecule has 1 aliphatic heterocycles. The van der Waals surface area contributed by atoms with E-state index < -0.39 is 11.0 Å². The van der Waals surface area contributed by atoms with Crippen molar-refractivity contribution in [1.82, 2.24) is 4.90 Å². The molecule has 0 aliphatic carbocycles. The molecule has 8 heteroatoms. The number of ether oxygens (including phenoxy) is 1. The van der Waals surface area contributed by atoms with E-state index in [1.54, 1.807) is 11.8 Å². The fraction of sp³-hybridized carbons (Fsp3) is 0.500. The zero-order valence-electron chi connectivity index (χ0n) is 12.2. The third-order valence-electron chi connectivity index (χ3n) is 3.70. The van der Waals surface area contributed by atoms with Gasteiger partial charge in [-0.1, -0.05) is 11.6 Å². The summed E-state index contributed by atoms with van der Waals surface area (Å²) in [7, 11) is 0. The highest BCUT2D eigenvalue weighted by molar-refractivity contribution is 6.30. The summed E-state index contributed by atoms with van der Waals surface area (Å²) in [6, 6.07) is 4.10. The summed E-state index contributed by atoms with van der Waals surface area (Å²) in [6.45, 7) is 2.61. The van der Waals surface area contributed by atoms with Crippen LogP contribution in [0.3, 0.4) is 0 Å². The van der Waals surface area contributed by atoms with Gasteiger partial charge >= 0.3 is 5.69 Å². The van der Waals surface area contributed by atoms with E-state index in [-0.39, 0.29) is 28.4 Å². The monoisotopic (exact) mass is 327 g/mol. The average molecular weight is 328 g/mol. The van der Waals surface area contributed by atoms with Gasteiger partial charge in [0, 0.05) is 30.2 Å². The van der Waals surface area contributed by atoms with E-state index in [2.05, 4.69) is 0 Å². The largest absolute Gasteiger partial charge is 0.474 e. The van der Waals surface area contributed by atoms with Gasteiger partial charge in [0.2, 0.25) is 0 Å². The van der Waals surface area contributed by atoms with Gasteiger partial charge in [-0.05, 0) is 31.9 Å². The minimum absolute atomic E-state index is 0.0127. The maximum atomic E-state index is 12.4. The van der Waals surface area contributed by atoms with Crippen molar-refractivity contribution in [2.75, 3.05) is 13.1 Å². The van der Waals surface area contributed by atoms with Gasteiger partial charge in [-0.25, -0.2) is 0 Å². The van der Waals surface area contributed by atoms with Crippen molar-refractivity contribution in [3.05, 3.63) is 33.3 Å². The van der Waals surface area contributed by atoms with Gasteiger partial charge < -0.3 is 15.4 Å². The van der Waals surface area contributed by atoms with Gasteiger partial charge in [-0.2, -0.15) is 0 Å². The fourth-order valence-corrected chi connectivity index (χ4v) is 2.74. The number of amides is 1. The number of carbonyl (C=O) groups excluding carboxylic acids is 1. The van der Waals surface area contributed by atoms with Crippen molar-refractivity contribution in [1.29, 1.82) is 0 Å². The van der Waals surface area contributed by atoms with E-state index >= 15 is 0 Å². The SMILES string of the molecule is CC(Oc1ccc(Cl)cc1[N+](=O)[O-])C(=O)N1CCCC1CN. The molecule has 1 aliphatic rings. The summed E-state index contributed by atoms with van der Waals surface area (Å²) in [5.74, 6) is -0.184. The number of nitrogens with two attached hydrogens (primary N) is 1. The summed E-state index contributed by atoms with van der Waals surface area (Å²) in [6.07, 6.45) is 0.948. The Balaban J connectivity index is 2.13. The topological polar surface area (TPSA) is 98.7 Å². The summed E-state index contributed by atoms with van der Waals surface area (Å²) in [4.78, 5) is 24.6. The number of carbonyl (C=O) groups is 1. The summed E-state index contributed by atoms with van der Waals surface area (Å²) < 4.78 is 5.50. The highest BCUT2D eigenvalue weighted by Crippen LogP contribution is 2.31. The first-order valence-corrected chi connectivity index (χ1v) is 7.43. The third-order valence-corrected chi connectivity index (χ3v) is 3.94. The molecule has 7 nitrogen and oxygen atoms in total. The number of nitro benzene ring substituents is 1. The second-order valence-corrected chi connectivity index (χ2v) is 5.63. The van der Waals surface area contributed by atoms with Crippen LogP contribution in [0.5, 0.6) is 5.75 Å². The summed E-state index contributed by atoms with van der Waals surface area (Å²) in [5.41, 5.74) is 5.40. The molecule has 1 saturated heterocycles. The van der Waals surface area contributed by atoms with Crippen molar-refractivity contribution < 1.29 is 14.5 Å². The van der Waals surface area contributed by atoms with E-state index in [0.29, 0.717) is 13.1 Å².